The van der Waals surface area contributed by atoms with Gasteiger partial charge in [-0.25, -0.2) is 8.42 Å². The van der Waals surface area contributed by atoms with Crippen LogP contribution in [0.25, 0.3) is 10.8 Å². The first-order valence-electron chi connectivity index (χ1n) is 11.3. The number of nitrogens with zero attached hydrogens (tertiary/aromatic N) is 2. The molecule has 5 nitrogen and oxygen atoms in total. The second kappa shape index (κ2) is 9.92. The lowest BCUT2D eigenvalue weighted by molar-refractivity contribution is 0.407. The van der Waals surface area contributed by atoms with E-state index in [0.29, 0.717) is 17.0 Å². The highest BCUT2D eigenvalue weighted by Gasteiger charge is 2.28. The molecule has 7 heteroatoms. The highest BCUT2D eigenvalue weighted by atomic mass is 35.5. The Morgan fingerprint density at radius 1 is 0.909 bits per heavy atom. The van der Waals surface area contributed by atoms with Crippen LogP contribution in [0.15, 0.2) is 65.6 Å². The highest BCUT2D eigenvalue weighted by molar-refractivity contribution is 7.93. The molecular weight excluding hydrogens is 454 g/mol. The third-order valence-corrected chi connectivity index (χ3v) is 8.13. The molecule has 0 saturated carbocycles. The Morgan fingerprint density at radius 2 is 1.48 bits per heavy atom. The average Bonchev–Trinajstić information content (AvgIpc) is 2.77. The maximum Gasteiger partial charge on any atom is 0.264 e. The first-order chi connectivity index (χ1) is 15.2. The Balaban J connectivity index is 0.00000306. The van der Waals surface area contributed by atoms with Crippen LogP contribution < -0.4 is 14.5 Å². The molecule has 0 amide bonds. The van der Waals surface area contributed by atoms with Gasteiger partial charge in [0, 0.05) is 48.7 Å². The van der Waals surface area contributed by atoms with Gasteiger partial charge in [0.2, 0.25) is 0 Å². The smallest absolute Gasteiger partial charge is 0.264 e. The van der Waals surface area contributed by atoms with Gasteiger partial charge in [-0.2, -0.15) is 0 Å². The minimum atomic E-state index is -3.74. The summed E-state index contributed by atoms with van der Waals surface area (Å²) < 4.78 is 29.1. The minimum Gasteiger partial charge on any atom is -0.368 e. The SMILES string of the molecule is CC1CN(c2ccc(S(=O)(=O)N(C)c3ccccc3C(C)C)c3ccccc23)CC(C)N1.Cl. The lowest BCUT2D eigenvalue weighted by atomic mass is 10.0. The van der Waals surface area contributed by atoms with E-state index in [1.54, 1.807) is 13.1 Å². The van der Waals surface area contributed by atoms with Gasteiger partial charge in [0.05, 0.1) is 10.6 Å². The molecule has 1 fully saturated rings. The van der Waals surface area contributed by atoms with E-state index in [9.17, 15) is 8.42 Å². The van der Waals surface area contributed by atoms with E-state index in [4.69, 9.17) is 0 Å². The molecule has 3 aromatic rings. The van der Waals surface area contributed by atoms with Crippen molar-refractivity contribution in [2.75, 3.05) is 29.3 Å². The van der Waals surface area contributed by atoms with Crippen molar-refractivity contribution in [2.45, 2.75) is 50.6 Å². The summed E-state index contributed by atoms with van der Waals surface area (Å²) in [6.07, 6.45) is 0. The second-order valence-corrected chi connectivity index (χ2v) is 11.1. The zero-order valence-corrected chi connectivity index (χ0v) is 21.6. The standard InChI is InChI=1S/C26H33N3O2S.ClH/c1-18(2)21-10-8-9-13-24(21)28(5)32(30,31)26-15-14-25(22-11-6-7-12-23(22)26)29-16-19(3)27-20(4)17-29;/h6-15,18-20,27H,16-17H2,1-5H3;1H. The van der Waals surface area contributed by atoms with Crippen LogP contribution in [0, 0.1) is 0 Å². The van der Waals surface area contributed by atoms with Gasteiger partial charge >= 0.3 is 0 Å². The lowest BCUT2D eigenvalue weighted by Crippen LogP contribution is -2.54. The molecule has 0 aromatic heterocycles. The van der Waals surface area contributed by atoms with Gasteiger partial charge in [0.15, 0.2) is 0 Å². The van der Waals surface area contributed by atoms with Gasteiger partial charge in [0.1, 0.15) is 0 Å². The van der Waals surface area contributed by atoms with E-state index in [-0.39, 0.29) is 18.3 Å². The van der Waals surface area contributed by atoms with Crippen molar-refractivity contribution >= 4 is 44.6 Å². The van der Waals surface area contributed by atoms with Crippen LogP contribution in [0.3, 0.4) is 0 Å². The van der Waals surface area contributed by atoms with Crippen LogP contribution >= 0.6 is 12.4 Å². The predicted octanol–water partition coefficient (Wildman–Crippen LogP) is 5.40. The van der Waals surface area contributed by atoms with Gasteiger partial charge in [0.25, 0.3) is 10.0 Å². The number of benzene rings is 3. The van der Waals surface area contributed by atoms with E-state index >= 15 is 0 Å². The number of sulfonamides is 1. The lowest BCUT2D eigenvalue weighted by Gasteiger charge is -2.38. The maximum atomic E-state index is 13.8. The molecule has 0 aliphatic carbocycles. The maximum absolute atomic E-state index is 13.8. The number of nitrogens with one attached hydrogen (secondary N) is 1. The summed E-state index contributed by atoms with van der Waals surface area (Å²) >= 11 is 0. The molecule has 0 bridgehead atoms. The molecule has 2 unspecified atom stereocenters. The normalized spacial score (nSPS) is 18.9. The zero-order chi connectivity index (χ0) is 23.0. The molecule has 4 rings (SSSR count). The molecule has 1 saturated heterocycles. The van der Waals surface area contributed by atoms with E-state index in [0.717, 1.165) is 40.8 Å². The van der Waals surface area contributed by atoms with Crippen LogP contribution in [0.4, 0.5) is 11.4 Å². The first-order valence-corrected chi connectivity index (χ1v) is 12.7. The summed E-state index contributed by atoms with van der Waals surface area (Å²) in [6.45, 7) is 10.3. The number of rotatable bonds is 5. The number of piperazine rings is 1. The van der Waals surface area contributed by atoms with Crippen molar-refractivity contribution in [1.29, 1.82) is 0 Å². The van der Waals surface area contributed by atoms with Crippen LogP contribution in [0.5, 0.6) is 0 Å². The zero-order valence-electron chi connectivity index (χ0n) is 19.9. The fourth-order valence-corrected chi connectivity index (χ4v) is 6.24. The molecular formula is C26H34ClN3O2S. The molecule has 0 radical (unpaired) electrons. The van der Waals surface area contributed by atoms with Crippen molar-refractivity contribution < 1.29 is 8.42 Å². The molecule has 1 N–H and O–H groups in total. The van der Waals surface area contributed by atoms with Gasteiger partial charge < -0.3 is 10.2 Å². The molecule has 1 heterocycles. The van der Waals surface area contributed by atoms with Crippen LogP contribution in [-0.2, 0) is 10.0 Å². The Morgan fingerprint density at radius 3 is 2.12 bits per heavy atom. The summed E-state index contributed by atoms with van der Waals surface area (Å²) in [4.78, 5) is 2.71. The summed E-state index contributed by atoms with van der Waals surface area (Å²) in [5.74, 6) is 0.222. The number of hydrogen-bond donors (Lipinski definition) is 1. The van der Waals surface area contributed by atoms with Crippen molar-refractivity contribution in [1.82, 2.24) is 5.32 Å². The number of para-hydroxylation sites is 1. The third kappa shape index (κ3) is 4.84. The molecule has 178 valence electrons. The average molecular weight is 488 g/mol. The van der Waals surface area contributed by atoms with Gasteiger partial charge in [-0.1, -0.05) is 56.3 Å². The number of halogens is 1. The second-order valence-electron chi connectivity index (χ2n) is 9.19. The van der Waals surface area contributed by atoms with E-state index < -0.39 is 10.0 Å². The van der Waals surface area contributed by atoms with Crippen LogP contribution in [0.2, 0.25) is 0 Å². The predicted molar refractivity (Wildman–Crippen MR) is 142 cm³/mol. The Bertz CT molecular complexity index is 1220. The van der Waals surface area contributed by atoms with E-state index in [2.05, 4.69) is 37.9 Å². The monoisotopic (exact) mass is 487 g/mol. The molecule has 2 atom stereocenters. The van der Waals surface area contributed by atoms with Crippen LogP contribution in [-0.4, -0.2) is 40.6 Å². The fourth-order valence-electron chi connectivity index (χ4n) is 4.82. The molecule has 1 aliphatic rings. The van der Waals surface area contributed by atoms with Gasteiger partial charge in [-0.05, 0) is 43.5 Å². The fraction of sp³-hybridized carbons (Fsp3) is 0.385. The Kier molecular flexibility index (Phi) is 7.62. The summed E-state index contributed by atoms with van der Waals surface area (Å²) in [6, 6.07) is 20.1. The third-order valence-electron chi connectivity index (χ3n) is 6.30. The van der Waals surface area contributed by atoms with Crippen molar-refractivity contribution in [3.8, 4) is 0 Å². The number of hydrogen-bond acceptors (Lipinski definition) is 4. The molecule has 0 spiro atoms. The van der Waals surface area contributed by atoms with E-state index in [1.165, 1.54) is 4.31 Å². The summed E-state index contributed by atoms with van der Waals surface area (Å²) in [7, 11) is -2.09. The highest BCUT2D eigenvalue weighted by Crippen LogP contribution is 2.36. The Labute approximate surface area is 204 Å². The molecule has 33 heavy (non-hydrogen) atoms. The van der Waals surface area contributed by atoms with Gasteiger partial charge in [-0.3, -0.25) is 4.31 Å². The Hall–Kier alpha value is -2.28. The molecule has 3 aromatic carbocycles. The summed E-state index contributed by atoms with van der Waals surface area (Å²) in [5, 5.41) is 5.30. The minimum absolute atomic E-state index is 0. The number of anilines is 2. The van der Waals surface area contributed by atoms with E-state index in [1.807, 2.05) is 54.6 Å². The van der Waals surface area contributed by atoms with Crippen molar-refractivity contribution in [3.63, 3.8) is 0 Å². The topological polar surface area (TPSA) is 52.7 Å². The molecule has 1 aliphatic heterocycles. The largest absolute Gasteiger partial charge is 0.368 e. The van der Waals surface area contributed by atoms with Crippen LogP contribution in [0.1, 0.15) is 39.2 Å². The van der Waals surface area contributed by atoms with Crippen molar-refractivity contribution in [3.05, 3.63) is 66.2 Å². The summed E-state index contributed by atoms with van der Waals surface area (Å²) in [5.41, 5.74) is 2.83. The van der Waals surface area contributed by atoms with Crippen molar-refractivity contribution in [2.24, 2.45) is 0 Å². The quantitative estimate of drug-likeness (QED) is 0.523. The first kappa shape index (κ1) is 25.3. The number of fused-ring (bicyclic) bond motifs is 1. The van der Waals surface area contributed by atoms with Gasteiger partial charge in [-0.15, -0.1) is 12.4 Å².